The van der Waals surface area contributed by atoms with Gasteiger partial charge in [-0.15, -0.1) is 6.42 Å². The molecule has 0 unspecified atom stereocenters. The van der Waals surface area contributed by atoms with E-state index in [1.54, 1.807) is 0 Å². The highest BCUT2D eigenvalue weighted by Gasteiger charge is 2.73. The van der Waals surface area contributed by atoms with Crippen LogP contribution in [0, 0.1) is 12.3 Å². The molecule has 12 heteroatoms. The van der Waals surface area contributed by atoms with Crippen molar-refractivity contribution in [2.45, 2.75) is 18.1 Å². The monoisotopic (exact) mass is 406 g/mol. The first-order valence-corrected chi connectivity index (χ1v) is 6.81. The second-order valence-corrected chi connectivity index (χ2v) is 4.95. The third-order valence-corrected chi connectivity index (χ3v) is 3.00. The lowest BCUT2D eigenvalue weighted by Gasteiger charge is -2.27. The van der Waals surface area contributed by atoms with Crippen LogP contribution in [-0.4, -0.2) is 38.1 Å². The van der Waals surface area contributed by atoms with Gasteiger partial charge in [0.15, 0.2) is 11.5 Å². The number of halogens is 8. The maximum Gasteiger partial charge on any atom is 0.462 e. The van der Waals surface area contributed by atoms with Gasteiger partial charge in [-0.3, -0.25) is 0 Å². The molecule has 0 atom stereocenters. The minimum Gasteiger partial charge on any atom is -0.493 e. The normalized spacial score (nSPS) is 12.8. The summed E-state index contributed by atoms with van der Waals surface area (Å²) in [6.07, 6.45) is -0.910. The highest BCUT2D eigenvalue weighted by atomic mass is 35.5. The molecule has 4 nitrogen and oxygen atoms in total. The number of hydrazone groups is 1. The van der Waals surface area contributed by atoms with E-state index in [-0.39, 0.29) is 28.7 Å². The molecular formula is C14H10ClF7N2O2. The van der Waals surface area contributed by atoms with Gasteiger partial charge < -0.3 is 9.47 Å². The maximum atomic E-state index is 13.0. The molecule has 1 rings (SSSR count). The van der Waals surface area contributed by atoms with Crippen LogP contribution in [-0.2, 0) is 0 Å². The van der Waals surface area contributed by atoms with Gasteiger partial charge in [-0.1, -0.05) is 17.5 Å². The third kappa shape index (κ3) is 4.63. The van der Waals surface area contributed by atoms with Crippen molar-refractivity contribution in [3.05, 3.63) is 22.7 Å². The molecule has 0 saturated carbocycles. The molecule has 0 saturated heterocycles. The molecule has 0 radical (unpaired) electrons. The second kappa shape index (κ2) is 7.90. The number of hydrogen-bond acceptors (Lipinski definition) is 4. The minimum atomic E-state index is -6.47. The Balaban J connectivity index is 3.02. The van der Waals surface area contributed by atoms with Crippen molar-refractivity contribution < 1.29 is 40.2 Å². The van der Waals surface area contributed by atoms with Crippen LogP contribution in [0.1, 0.15) is 5.56 Å². The Hall–Kier alpha value is -2.35. The van der Waals surface area contributed by atoms with E-state index in [1.165, 1.54) is 7.11 Å². The Morgan fingerprint density at radius 3 is 2.35 bits per heavy atom. The van der Waals surface area contributed by atoms with E-state index in [2.05, 4.69) is 11.0 Å². The van der Waals surface area contributed by atoms with E-state index in [1.807, 2.05) is 0 Å². The summed E-state index contributed by atoms with van der Waals surface area (Å²) in [6, 6.07) is -3.41. The van der Waals surface area contributed by atoms with Gasteiger partial charge in [0.1, 0.15) is 6.61 Å². The zero-order valence-corrected chi connectivity index (χ0v) is 13.6. The van der Waals surface area contributed by atoms with Crippen LogP contribution >= 0.6 is 11.6 Å². The lowest BCUT2D eigenvalue weighted by Crippen LogP contribution is -2.58. The van der Waals surface area contributed by atoms with Crippen LogP contribution in [0.5, 0.6) is 11.5 Å². The first-order chi connectivity index (χ1) is 11.9. The predicted molar refractivity (Wildman–Crippen MR) is 79.0 cm³/mol. The number of hydrogen-bond donors (Lipinski definition) is 1. The largest absolute Gasteiger partial charge is 0.493 e. The van der Waals surface area contributed by atoms with Crippen LogP contribution in [0.2, 0.25) is 5.02 Å². The van der Waals surface area contributed by atoms with Gasteiger partial charge in [-0.05, 0) is 17.7 Å². The van der Waals surface area contributed by atoms with E-state index in [4.69, 9.17) is 27.5 Å². The molecule has 0 heterocycles. The van der Waals surface area contributed by atoms with E-state index >= 15 is 0 Å². The molecule has 0 aromatic heterocycles. The van der Waals surface area contributed by atoms with Gasteiger partial charge in [0, 0.05) is 0 Å². The first-order valence-electron chi connectivity index (χ1n) is 6.43. The minimum absolute atomic E-state index is 0.00146. The second-order valence-electron chi connectivity index (χ2n) is 4.54. The topological polar surface area (TPSA) is 42.8 Å². The number of benzene rings is 1. The van der Waals surface area contributed by atoms with Crippen molar-refractivity contribution in [2.75, 3.05) is 13.7 Å². The molecular weight excluding hydrogens is 397 g/mol. The number of ether oxygens (including phenoxy) is 2. The SMILES string of the molecule is C#CCOc1c(Cl)cc(/C=N/NC(F)(F)C(F)(F)C(F)(F)F)cc1OC. The Bertz CT molecular complexity index is 714. The van der Waals surface area contributed by atoms with Crippen LogP contribution in [0.4, 0.5) is 30.7 Å². The standard InChI is InChI=1S/C14H10ClF7N2O2/c1-3-4-26-11-9(15)5-8(6-10(11)25-2)7-23-24-14(21,22)12(16,17)13(18,19)20/h1,5-7,24H,4H2,2H3/b23-7+. The Morgan fingerprint density at radius 1 is 1.23 bits per heavy atom. The smallest absolute Gasteiger partial charge is 0.462 e. The van der Waals surface area contributed by atoms with Gasteiger partial charge in [0.25, 0.3) is 0 Å². The van der Waals surface area contributed by atoms with E-state index in [9.17, 15) is 30.7 Å². The van der Waals surface area contributed by atoms with Crippen LogP contribution < -0.4 is 14.9 Å². The Morgan fingerprint density at radius 2 is 1.85 bits per heavy atom. The first kappa shape index (κ1) is 21.7. The van der Waals surface area contributed by atoms with E-state index in [0.717, 1.165) is 12.1 Å². The fourth-order valence-corrected chi connectivity index (χ4v) is 1.78. The lowest BCUT2D eigenvalue weighted by atomic mass is 10.2. The summed E-state index contributed by atoms with van der Waals surface area (Å²) in [5.41, 5.74) is 0.428. The summed E-state index contributed by atoms with van der Waals surface area (Å²) in [5, 5.41) is 2.62. The number of nitrogens with zero attached hydrogens (tertiary/aromatic N) is 1. The summed E-state index contributed by atoms with van der Waals surface area (Å²) in [5.74, 6) is -4.15. The Labute approximate surface area is 147 Å². The summed E-state index contributed by atoms with van der Waals surface area (Å²) in [4.78, 5) is 0. The van der Waals surface area contributed by atoms with Crippen molar-refractivity contribution >= 4 is 17.8 Å². The predicted octanol–water partition coefficient (Wildman–Crippen LogP) is 4.07. The highest BCUT2D eigenvalue weighted by Crippen LogP contribution is 2.45. The number of nitrogens with one attached hydrogen (secondary N) is 1. The fraction of sp³-hybridized carbons (Fsp3) is 0.357. The van der Waals surface area contributed by atoms with Gasteiger partial charge in [-0.2, -0.15) is 35.8 Å². The summed E-state index contributed by atoms with van der Waals surface area (Å²) in [6.45, 7) is -0.163. The van der Waals surface area contributed by atoms with Gasteiger partial charge >= 0.3 is 18.1 Å². The molecule has 0 spiro atoms. The van der Waals surface area contributed by atoms with Crippen molar-refractivity contribution in [1.82, 2.24) is 5.43 Å². The van der Waals surface area contributed by atoms with Crippen molar-refractivity contribution in [2.24, 2.45) is 5.10 Å². The van der Waals surface area contributed by atoms with Crippen LogP contribution in [0.3, 0.4) is 0 Å². The quantitative estimate of drug-likeness (QED) is 0.244. The average Bonchev–Trinajstić information content (AvgIpc) is 2.52. The molecule has 144 valence electrons. The number of rotatable bonds is 7. The zero-order valence-electron chi connectivity index (χ0n) is 12.8. The molecule has 0 aliphatic carbocycles. The Kier molecular flexibility index (Phi) is 6.59. The lowest BCUT2D eigenvalue weighted by molar-refractivity contribution is -0.361. The fourth-order valence-electron chi connectivity index (χ4n) is 1.50. The van der Waals surface area contributed by atoms with Crippen LogP contribution in [0.25, 0.3) is 0 Å². The van der Waals surface area contributed by atoms with Gasteiger partial charge in [0.2, 0.25) is 0 Å². The number of terminal acetylenes is 1. The average molecular weight is 407 g/mol. The van der Waals surface area contributed by atoms with E-state index < -0.39 is 18.1 Å². The van der Waals surface area contributed by atoms with Gasteiger partial charge in [-0.25, -0.2) is 5.43 Å². The summed E-state index contributed by atoms with van der Waals surface area (Å²) >= 11 is 5.88. The molecule has 0 aliphatic rings. The molecule has 0 fully saturated rings. The summed E-state index contributed by atoms with van der Waals surface area (Å²) in [7, 11) is 1.21. The summed E-state index contributed by atoms with van der Waals surface area (Å²) < 4.78 is 97.5. The molecule has 26 heavy (non-hydrogen) atoms. The third-order valence-electron chi connectivity index (χ3n) is 2.72. The maximum absolute atomic E-state index is 13.0. The molecule has 1 aromatic carbocycles. The van der Waals surface area contributed by atoms with E-state index in [0.29, 0.717) is 11.6 Å². The van der Waals surface area contributed by atoms with Crippen LogP contribution in [0.15, 0.2) is 17.2 Å². The van der Waals surface area contributed by atoms with Crippen molar-refractivity contribution in [3.8, 4) is 23.8 Å². The molecule has 0 amide bonds. The molecule has 1 aromatic rings. The highest BCUT2D eigenvalue weighted by molar-refractivity contribution is 6.32. The molecule has 0 bridgehead atoms. The van der Waals surface area contributed by atoms with Gasteiger partial charge in [0.05, 0.1) is 18.3 Å². The van der Waals surface area contributed by atoms with Crippen molar-refractivity contribution in [3.63, 3.8) is 0 Å². The molecule has 0 aliphatic heterocycles. The number of alkyl halides is 7. The van der Waals surface area contributed by atoms with Crippen molar-refractivity contribution in [1.29, 1.82) is 0 Å². The zero-order chi connectivity index (χ0) is 20.2. The molecule has 1 N–H and O–H groups in total. The number of methoxy groups -OCH3 is 1.